The maximum atomic E-state index is 11.1. The predicted octanol–water partition coefficient (Wildman–Crippen LogP) is 2.06. The van der Waals surface area contributed by atoms with Gasteiger partial charge >= 0.3 is 5.97 Å². The van der Waals surface area contributed by atoms with E-state index in [2.05, 4.69) is 19.9 Å². The van der Waals surface area contributed by atoms with Crippen molar-refractivity contribution < 1.29 is 9.90 Å². The average Bonchev–Trinajstić information content (AvgIpc) is 2.67. The molecule has 15 heavy (non-hydrogen) atoms. The van der Waals surface area contributed by atoms with E-state index in [4.69, 9.17) is 10.8 Å². The molecule has 0 saturated heterocycles. The fourth-order valence-electron chi connectivity index (χ4n) is 1.95. The second-order valence-corrected chi connectivity index (χ2v) is 5.52. The van der Waals surface area contributed by atoms with Crippen molar-refractivity contribution in [2.75, 3.05) is 0 Å². The highest BCUT2D eigenvalue weighted by molar-refractivity contribution is 7.12. The van der Waals surface area contributed by atoms with Gasteiger partial charge in [0.2, 0.25) is 0 Å². The topological polar surface area (TPSA) is 63.3 Å². The molecule has 1 heterocycles. The Balaban J connectivity index is 2.46. The van der Waals surface area contributed by atoms with Crippen LogP contribution in [0.2, 0.25) is 0 Å². The van der Waals surface area contributed by atoms with Crippen molar-refractivity contribution in [2.24, 2.45) is 5.73 Å². The third-order valence-corrected chi connectivity index (χ3v) is 4.63. The zero-order chi connectivity index (χ0) is 11.2. The van der Waals surface area contributed by atoms with Gasteiger partial charge in [0.05, 0.1) is 0 Å². The normalized spacial score (nSPS) is 24.5. The molecule has 3 N–H and O–H groups in total. The molecule has 82 valence electrons. The van der Waals surface area contributed by atoms with Crippen LogP contribution in [0.4, 0.5) is 0 Å². The summed E-state index contributed by atoms with van der Waals surface area (Å²) in [5.74, 6) is -0.461. The van der Waals surface area contributed by atoms with Crippen molar-refractivity contribution in [3.63, 3.8) is 0 Å². The number of thiophene rings is 1. The number of carboxylic acids is 1. The Bertz CT molecular complexity index is 411. The van der Waals surface area contributed by atoms with E-state index in [1.165, 1.54) is 4.88 Å². The Morgan fingerprint density at radius 3 is 2.87 bits per heavy atom. The first-order valence-electron chi connectivity index (χ1n) is 5.10. The van der Waals surface area contributed by atoms with Crippen LogP contribution in [0.3, 0.4) is 0 Å². The molecule has 1 atom stereocenters. The number of aliphatic carboxylic acids is 1. The van der Waals surface area contributed by atoms with Crippen LogP contribution in [0.15, 0.2) is 6.07 Å². The highest BCUT2D eigenvalue weighted by atomic mass is 32.1. The quantitative estimate of drug-likeness (QED) is 0.809. The lowest BCUT2D eigenvalue weighted by Crippen LogP contribution is -2.42. The van der Waals surface area contributed by atoms with Crippen molar-refractivity contribution in [3.8, 4) is 0 Å². The molecule has 0 aliphatic heterocycles. The van der Waals surface area contributed by atoms with Gasteiger partial charge < -0.3 is 10.8 Å². The third-order valence-electron chi connectivity index (χ3n) is 2.97. The molecule has 0 radical (unpaired) electrons. The van der Waals surface area contributed by atoms with Crippen LogP contribution in [-0.4, -0.2) is 11.1 Å². The summed E-state index contributed by atoms with van der Waals surface area (Å²) in [4.78, 5) is 13.2. The smallest absolute Gasteiger partial charge is 0.329 e. The molecular formula is C11H15NO2S. The van der Waals surface area contributed by atoms with E-state index in [-0.39, 0.29) is 0 Å². The molecule has 0 amide bonds. The van der Waals surface area contributed by atoms with Gasteiger partial charge in [-0.2, -0.15) is 0 Å². The molecule has 1 aliphatic rings. The Hall–Kier alpha value is -0.870. The number of rotatable bonds is 2. The molecule has 4 heteroatoms. The summed E-state index contributed by atoms with van der Waals surface area (Å²) in [6.07, 6.45) is 1.32. The summed E-state index contributed by atoms with van der Waals surface area (Å²) in [5, 5.41) is 9.15. The first-order valence-corrected chi connectivity index (χ1v) is 5.92. The zero-order valence-corrected chi connectivity index (χ0v) is 9.73. The summed E-state index contributed by atoms with van der Waals surface area (Å²) in [5.41, 5.74) is 5.94. The number of carboxylic acid groups (broad SMARTS) is 1. The van der Waals surface area contributed by atoms with E-state index in [1.807, 2.05) is 0 Å². The standard InChI is InChI=1S/C11H15NO2S/c1-6(2)8-5-7-3-4-11(12,10(13)14)9(7)15-8/h5-6H,3-4,12H2,1-2H3,(H,13,14). The number of hydrogen-bond donors (Lipinski definition) is 2. The van der Waals surface area contributed by atoms with Crippen molar-refractivity contribution in [1.29, 1.82) is 0 Å². The second kappa shape index (κ2) is 3.32. The monoisotopic (exact) mass is 225 g/mol. The van der Waals surface area contributed by atoms with E-state index in [9.17, 15) is 4.79 Å². The number of fused-ring (bicyclic) bond motifs is 1. The minimum absolute atomic E-state index is 0.443. The largest absolute Gasteiger partial charge is 0.480 e. The van der Waals surface area contributed by atoms with Gasteiger partial charge in [-0.15, -0.1) is 11.3 Å². The number of nitrogens with two attached hydrogens (primary N) is 1. The summed E-state index contributed by atoms with van der Waals surface area (Å²) >= 11 is 1.56. The molecule has 0 bridgehead atoms. The van der Waals surface area contributed by atoms with E-state index in [0.29, 0.717) is 12.3 Å². The van der Waals surface area contributed by atoms with Crippen LogP contribution in [0.1, 0.15) is 41.5 Å². The lowest BCUT2D eigenvalue weighted by molar-refractivity contribution is -0.143. The van der Waals surface area contributed by atoms with Gasteiger partial charge in [-0.1, -0.05) is 13.8 Å². The van der Waals surface area contributed by atoms with Crippen molar-refractivity contribution >= 4 is 17.3 Å². The van der Waals surface area contributed by atoms with E-state index < -0.39 is 11.5 Å². The molecule has 0 saturated carbocycles. The predicted molar refractivity (Wildman–Crippen MR) is 60.2 cm³/mol. The van der Waals surface area contributed by atoms with E-state index in [0.717, 1.165) is 16.9 Å². The van der Waals surface area contributed by atoms with Gasteiger partial charge in [0.15, 0.2) is 0 Å². The van der Waals surface area contributed by atoms with Crippen molar-refractivity contribution in [3.05, 3.63) is 21.4 Å². The summed E-state index contributed by atoms with van der Waals surface area (Å²) in [7, 11) is 0. The van der Waals surface area contributed by atoms with Gasteiger partial charge in [0.1, 0.15) is 5.54 Å². The Morgan fingerprint density at radius 1 is 1.67 bits per heavy atom. The zero-order valence-electron chi connectivity index (χ0n) is 8.91. The maximum absolute atomic E-state index is 11.1. The minimum atomic E-state index is -1.13. The Kier molecular flexibility index (Phi) is 2.35. The molecule has 3 nitrogen and oxygen atoms in total. The second-order valence-electron chi connectivity index (χ2n) is 4.43. The minimum Gasteiger partial charge on any atom is -0.480 e. The number of aryl methyl sites for hydroxylation is 1. The van der Waals surface area contributed by atoms with Crippen LogP contribution >= 0.6 is 11.3 Å². The van der Waals surface area contributed by atoms with Gasteiger partial charge in [-0.05, 0) is 30.4 Å². The number of hydrogen-bond acceptors (Lipinski definition) is 3. The summed E-state index contributed by atoms with van der Waals surface area (Å²) < 4.78 is 0. The SMILES string of the molecule is CC(C)c1cc2c(s1)C(N)(C(=O)O)CC2. The highest BCUT2D eigenvalue weighted by Gasteiger charge is 2.43. The maximum Gasteiger partial charge on any atom is 0.329 e. The van der Waals surface area contributed by atoms with Gasteiger partial charge in [0.25, 0.3) is 0 Å². The van der Waals surface area contributed by atoms with Crippen LogP contribution in [0, 0.1) is 0 Å². The first kappa shape index (κ1) is 10.6. The lowest BCUT2D eigenvalue weighted by Gasteiger charge is -2.17. The number of carbonyl (C=O) groups is 1. The molecule has 2 rings (SSSR count). The lowest BCUT2D eigenvalue weighted by atomic mass is 10.0. The van der Waals surface area contributed by atoms with Gasteiger partial charge in [0, 0.05) is 9.75 Å². The van der Waals surface area contributed by atoms with Crippen LogP contribution in [-0.2, 0) is 16.8 Å². The van der Waals surface area contributed by atoms with Gasteiger partial charge in [-0.3, -0.25) is 0 Å². The van der Waals surface area contributed by atoms with Crippen LogP contribution < -0.4 is 5.73 Å². The van der Waals surface area contributed by atoms with Crippen LogP contribution in [0.5, 0.6) is 0 Å². The molecule has 1 aliphatic carbocycles. The van der Waals surface area contributed by atoms with Crippen molar-refractivity contribution in [2.45, 2.75) is 38.1 Å². The molecule has 1 aromatic rings. The fourth-order valence-corrected chi connectivity index (χ4v) is 3.28. The van der Waals surface area contributed by atoms with E-state index >= 15 is 0 Å². The molecule has 1 aromatic heterocycles. The molecule has 0 spiro atoms. The summed E-state index contributed by atoms with van der Waals surface area (Å²) in [6.45, 7) is 4.22. The Morgan fingerprint density at radius 2 is 2.33 bits per heavy atom. The fraction of sp³-hybridized carbons (Fsp3) is 0.545. The first-order chi connectivity index (χ1) is 6.95. The average molecular weight is 225 g/mol. The molecule has 0 fully saturated rings. The highest BCUT2D eigenvalue weighted by Crippen LogP contribution is 2.42. The van der Waals surface area contributed by atoms with E-state index in [1.54, 1.807) is 11.3 Å². The molecule has 1 unspecified atom stereocenters. The molecular weight excluding hydrogens is 210 g/mol. The van der Waals surface area contributed by atoms with Gasteiger partial charge in [-0.25, -0.2) is 4.79 Å². The third kappa shape index (κ3) is 1.48. The molecule has 0 aromatic carbocycles. The summed E-state index contributed by atoms with van der Waals surface area (Å²) in [6, 6.07) is 2.11. The Labute approximate surface area is 92.9 Å². The van der Waals surface area contributed by atoms with Crippen molar-refractivity contribution in [1.82, 2.24) is 0 Å². The van der Waals surface area contributed by atoms with Crippen LogP contribution in [0.25, 0.3) is 0 Å².